The standard InChI is InChI=1S/C13H22N6/c1-10(2)8-19-13(15-9-16-19)7-12(14-3)11-5-6-18(4)17-11/h5-6,9-10,12,14H,7-8H2,1-4H3. The molecule has 0 fully saturated rings. The van der Waals surface area contributed by atoms with Crippen molar-refractivity contribution >= 4 is 0 Å². The Morgan fingerprint density at radius 2 is 2.16 bits per heavy atom. The van der Waals surface area contributed by atoms with E-state index in [0.29, 0.717) is 5.92 Å². The number of nitrogens with zero attached hydrogens (tertiary/aromatic N) is 5. The average Bonchev–Trinajstić information content (AvgIpc) is 2.95. The molecule has 2 aromatic heterocycles. The van der Waals surface area contributed by atoms with Gasteiger partial charge in [-0.25, -0.2) is 9.67 Å². The second-order valence-corrected chi connectivity index (χ2v) is 5.21. The van der Waals surface area contributed by atoms with Crippen LogP contribution in [0.4, 0.5) is 0 Å². The Balaban J connectivity index is 2.12. The lowest BCUT2D eigenvalue weighted by molar-refractivity contribution is 0.448. The van der Waals surface area contributed by atoms with Crippen molar-refractivity contribution in [3.63, 3.8) is 0 Å². The molecule has 2 rings (SSSR count). The Labute approximate surface area is 113 Å². The van der Waals surface area contributed by atoms with Gasteiger partial charge in [0.05, 0.1) is 11.7 Å². The van der Waals surface area contributed by atoms with Gasteiger partial charge in [0.25, 0.3) is 0 Å². The van der Waals surface area contributed by atoms with Gasteiger partial charge >= 0.3 is 0 Å². The summed E-state index contributed by atoms with van der Waals surface area (Å²) in [6.45, 7) is 5.26. The van der Waals surface area contributed by atoms with Gasteiger partial charge in [-0.1, -0.05) is 13.8 Å². The van der Waals surface area contributed by atoms with Crippen molar-refractivity contribution < 1.29 is 0 Å². The molecule has 0 saturated heterocycles. The summed E-state index contributed by atoms with van der Waals surface area (Å²) >= 11 is 0. The Kier molecular flexibility index (Phi) is 4.31. The van der Waals surface area contributed by atoms with Crippen LogP contribution in [0.3, 0.4) is 0 Å². The SMILES string of the molecule is CNC(Cc1ncnn1CC(C)C)c1ccn(C)n1. The molecule has 0 amide bonds. The van der Waals surface area contributed by atoms with Gasteiger partial charge in [0.15, 0.2) is 0 Å². The first-order valence-corrected chi connectivity index (χ1v) is 6.63. The molecule has 0 saturated carbocycles. The monoisotopic (exact) mass is 262 g/mol. The number of nitrogens with one attached hydrogen (secondary N) is 1. The van der Waals surface area contributed by atoms with Gasteiger partial charge in [0.2, 0.25) is 0 Å². The minimum Gasteiger partial charge on any atom is -0.311 e. The predicted octanol–water partition coefficient (Wildman–Crippen LogP) is 1.17. The van der Waals surface area contributed by atoms with Gasteiger partial charge < -0.3 is 5.32 Å². The van der Waals surface area contributed by atoms with E-state index < -0.39 is 0 Å². The maximum absolute atomic E-state index is 4.45. The number of rotatable bonds is 6. The first-order valence-electron chi connectivity index (χ1n) is 6.63. The Morgan fingerprint density at radius 1 is 1.37 bits per heavy atom. The van der Waals surface area contributed by atoms with E-state index in [1.165, 1.54) is 0 Å². The number of aryl methyl sites for hydroxylation is 1. The van der Waals surface area contributed by atoms with E-state index in [4.69, 9.17) is 0 Å². The molecular formula is C13H22N6. The van der Waals surface area contributed by atoms with Crippen molar-refractivity contribution in [2.45, 2.75) is 32.9 Å². The summed E-state index contributed by atoms with van der Waals surface area (Å²) in [6, 6.07) is 2.20. The summed E-state index contributed by atoms with van der Waals surface area (Å²) in [5, 5.41) is 12.0. The average molecular weight is 262 g/mol. The summed E-state index contributed by atoms with van der Waals surface area (Å²) in [5.74, 6) is 1.56. The molecule has 0 bridgehead atoms. The quantitative estimate of drug-likeness (QED) is 0.849. The molecule has 0 radical (unpaired) electrons. The van der Waals surface area contributed by atoms with Crippen LogP contribution in [-0.2, 0) is 20.0 Å². The highest BCUT2D eigenvalue weighted by Crippen LogP contribution is 2.15. The van der Waals surface area contributed by atoms with E-state index in [2.05, 4.69) is 34.3 Å². The van der Waals surface area contributed by atoms with Crippen LogP contribution in [0.1, 0.15) is 31.4 Å². The summed E-state index contributed by atoms with van der Waals surface area (Å²) in [4.78, 5) is 4.37. The van der Waals surface area contributed by atoms with E-state index in [1.54, 1.807) is 6.33 Å². The number of hydrogen-bond acceptors (Lipinski definition) is 4. The highest BCUT2D eigenvalue weighted by molar-refractivity contribution is 5.08. The third kappa shape index (κ3) is 3.41. The van der Waals surface area contributed by atoms with Gasteiger partial charge in [0.1, 0.15) is 12.2 Å². The molecule has 6 nitrogen and oxygen atoms in total. The second kappa shape index (κ2) is 5.97. The van der Waals surface area contributed by atoms with Gasteiger partial charge in [0, 0.05) is 26.2 Å². The second-order valence-electron chi connectivity index (χ2n) is 5.21. The lowest BCUT2D eigenvalue weighted by Gasteiger charge is -2.14. The molecule has 0 aromatic carbocycles. The molecular weight excluding hydrogens is 240 g/mol. The highest BCUT2D eigenvalue weighted by atomic mass is 15.3. The van der Waals surface area contributed by atoms with Gasteiger partial charge in [-0.3, -0.25) is 4.68 Å². The third-order valence-electron chi connectivity index (χ3n) is 3.06. The largest absolute Gasteiger partial charge is 0.311 e. The molecule has 0 aliphatic rings. The van der Waals surface area contributed by atoms with Crippen LogP contribution < -0.4 is 5.32 Å². The first kappa shape index (κ1) is 13.7. The van der Waals surface area contributed by atoms with E-state index in [-0.39, 0.29) is 6.04 Å². The molecule has 2 aromatic rings. The zero-order chi connectivity index (χ0) is 13.8. The van der Waals surface area contributed by atoms with Crippen LogP contribution in [0, 0.1) is 5.92 Å². The van der Waals surface area contributed by atoms with Gasteiger partial charge in [-0.2, -0.15) is 10.2 Å². The van der Waals surface area contributed by atoms with Crippen LogP contribution in [0.25, 0.3) is 0 Å². The maximum atomic E-state index is 4.45. The number of likely N-dealkylation sites (N-methyl/N-ethyl adjacent to an activating group) is 1. The molecule has 0 aliphatic heterocycles. The highest BCUT2D eigenvalue weighted by Gasteiger charge is 2.16. The fraction of sp³-hybridized carbons (Fsp3) is 0.615. The molecule has 0 aliphatic carbocycles. The number of hydrogen-bond donors (Lipinski definition) is 1. The first-order chi connectivity index (χ1) is 9.10. The zero-order valence-electron chi connectivity index (χ0n) is 12.0. The van der Waals surface area contributed by atoms with Crippen molar-refractivity contribution in [1.29, 1.82) is 0 Å². The Hall–Kier alpha value is -1.69. The van der Waals surface area contributed by atoms with Crippen molar-refractivity contribution in [2.24, 2.45) is 13.0 Å². The molecule has 1 atom stereocenters. The summed E-state index contributed by atoms with van der Waals surface area (Å²) in [7, 11) is 3.87. The molecule has 0 spiro atoms. The lowest BCUT2D eigenvalue weighted by atomic mass is 10.1. The minimum absolute atomic E-state index is 0.163. The van der Waals surface area contributed by atoms with Crippen molar-refractivity contribution in [3.8, 4) is 0 Å². The normalized spacial score (nSPS) is 13.1. The fourth-order valence-corrected chi connectivity index (χ4v) is 2.10. The molecule has 1 unspecified atom stereocenters. The number of aromatic nitrogens is 5. The molecule has 1 N–H and O–H groups in total. The van der Waals surface area contributed by atoms with Crippen molar-refractivity contribution in [3.05, 3.63) is 30.1 Å². The van der Waals surface area contributed by atoms with E-state index >= 15 is 0 Å². The zero-order valence-corrected chi connectivity index (χ0v) is 12.0. The third-order valence-corrected chi connectivity index (χ3v) is 3.06. The smallest absolute Gasteiger partial charge is 0.138 e. The predicted molar refractivity (Wildman–Crippen MR) is 73.6 cm³/mol. The van der Waals surface area contributed by atoms with Crippen LogP contribution in [-0.4, -0.2) is 31.6 Å². The Morgan fingerprint density at radius 3 is 2.74 bits per heavy atom. The van der Waals surface area contributed by atoms with Crippen molar-refractivity contribution in [2.75, 3.05) is 7.05 Å². The van der Waals surface area contributed by atoms with E-state index in [0.717, 1.165) is 24.5 Å². The van der Waals surface area contributed by atoms with Crippen LogP contribution in [0.2, 0.25) is 0 Å². The molecule has 19 heavy (non-hydrogen) atoms. The molecule has 104 valence electrons. The molecule has 6 heteroatoms. The Bertz CT molecular complexity index is 513. The summed E-state index contributed by atoms with van der Waals surface area (Å²) in [5.41, 5.74) is 1.03. The summed E-state index contributed by atoms with van der Waals surface area (Å²) in [6.07, 6.45) is 4.38. The summed E-state index contributed by atoms with van der Waals surface area (Å²) < 4.78 is 3.80. The fourth-order valence-electron chi connectivity index (χ4n) is 2.10. The van der Waals surface area contributed by atoms with Crippen LogP contribution in [0.5, 0.6) is 0 Å². The molecule has 2 heterocycles. The van der Waals surface area contributed by atoms with Gasteiger partial charge in [-0.15, -0.1) is 0 Å². The maximum Gasteiger partial charge on any atom is 0.138 e. The lowest BCUT2D eigenvalue weighted by Crippen LogP contribution is -2.22. The van der Waals surface area contributed by atoms with Crippen molar-refractivity contribution in [1.82, 2.24) is 29.9 Å². The van der Waals surface area contributed by atoms with E-state index in [9.17, 15) is 0 Å². The van der Waals surface area contributed by atoms with Crippen LogP contribution in [0.15, 0.2) is 18.6 Å². The van der Waals surface area contributed by atoms with E-state index in [1.807, 2.05) is 35.7 Å². The van der Waals surface area contributed by atoms with Crippen LogP contribution >= 0.6 is 0 Å². The van der Waals surface area contributed by atoms with Gasteiger partial charge in [-0.05, 0) is 19.0 Å². The minimum atomic E-state index is 0.163. The topological polar surface area (TPSA) is 60.6 Å².